The van der Waals surface area contributed by atoms with E-state index < -0.39 is 5.91 Å². The number of nitrogens with zero attached hydrogens (tertiary/aromatic N) is 3. The Balaban J connectivity index is 1.57. The summed E-state index contributed by atoms with van der Waals surface area (Å²) in [5.74, 6) is 1.12. The molecular weight excluding hydrogens is 484 g/mol. The first kappa shape index (κ1) is 22.0. The van der Waals surface area contributed by atoms with Crippen molar-refractivity contribution < 1.29 is 19.0 Å². The summed E-state index contributed by atoms with van der Waals surface area (Å²) in [6.07, 6.45) is 0. The Hall–Kier alpha value is -4.50. The second kappa shape index (κ2) is 8.31. The van der Waals surface area contributed by atoms with Crippen molar-refractivity contribution in [1.29, 1.82) is 0 Å². The predicted molar refractivity (Wildman–Crippen MR) is 136 cm³/mol. The lowest BCUT2D eigenvalue weighted by Gasteiger charge is -2.12. The van der Waals surface area contributed by atoms with Crippen molar-refractivity contribution in [2.45, 2.75) is 0 Å². The standard InChI is InChI=1S/C26H19ClN4O5/c1-30-18-6-4-3-5-16(18)22-23(25(32)28-14-7-9-20-21(11-14)36-13-35-20)29-31(26(33)24(22)30)15-8-10-19(34-2)17(27)12-15/h3-12H,13H2,1-2H3,(H,28,32). The van der Waals surface area contributed by atoms with E-state index >= 15 is 0 Å². The molecule has 2 aromatic heterocycles. The molecule has 0 radical (unpaired) electrons. The molecule has 36 heavy (non-hydrogen) atoms. The Bertz CT molecular complexity index is 1760. The fraction of sp³-hybridized carbons (Fsp3) is 0.115. The van der Waals surface area contributed by atoms with Gasteiger partial charge >= 0.3 is 0 Å². The molecule has 0 atom stereocenters. The van der Waals surface area contributed by atoms with Gasteiger partial charge in [-0.3, -0.25) is 9.59 Å². The third-order valence-corrected chi connectivity index (χ3v) is 6.46. The summed E-state index contributed by atoms with van der Waals surface area (Å²) < 4.78 is 18.9. The van der Waals surface area contributed by atoms with Gasteiger partial charge in [0, 0.05) is 35.1 Å². The molecule has 0 saturated heterocycles. The van der Waals surface area contributed by atoms with Gasteiger partial charge in [-0.05, 0) is 36.4 Å². The molecule has 3 heterocycles. The van der Waals surface area contributed by atoms with Gasteiger partial charge in [-0.2, -0.15) is 9.78 Å². The van der Waals surface area contributed by atoms with Gasteiger partial charge in [-0.15, -0.1) is 0 Å². The summed E-state index contributed by atoms with van der Waals surface area (Å²) in [6.45, 7) is 0.125. The molecule has 3 aromatic carbocycles. The number of benzene rings is 3. The molecule has 180 valence electrons. The quantitative estimate of drug-likeness (QED) is 0.388. The van der Waals surface area contributed by atoms with E-state index in [-0.39, 0.29) is 18.0 Å². The second-order valence-corrected chi connectivity index (χ2v) is 8.61. The molecular formula is C26H19ClN4O5. The summed E-state index contributed by atoms with van der Waals surface area (Å²) >= 11 is 6.33. The first-order chi connectivity index (χ1) is 17.5. The lowest BCUT2D eigenvalue weighted by molar-refractivity contribution is 0.102. The van der Waals surface area contributed by atoms with Gasteiger partial charge in [0.25, 0.3) is 11.5 Å². The monoisotopic (exact) mass is 502 g/mol. The topological polar surface area (TPSA) is 96.6 Å². The number of amides is 1. The summed E-state index contributed by atoms with van der Waals surface area (Å²) in [4.78, 5) is 27.3. The van der Waals surface area contributed by atoms with Crippen LogP contribution in [-0.2, 0) is 7.05 Å². The maximum absolute atomic E-state index is 13.7. The Kier molecular flexibility index (Phi) is 5.08. The molecule has 1 aliphatic rings. The van der Waals surface area contributed by atoms with Crippen LogP contribution < -0.4 is 25.1 Å². The highest BCUT2D eigenvalue weighted by atomic mass is 35.5. The van der Waals surface area contributed by atoms with Crippen LogP contribution in [-0.4, -0.2) is 34.2 Å². The number of nitrogens with one attached hydrogen (secondary N) is 1. The van der Waals surface area contributed by atoms with Gasteiger partial charge in [0.2, 0.25) is 6.79 Å². The average Bonchev–Trinajstić information content (AvgIpc) is 3.47. The number of rotatable bonds is 4. The van der Waals surface area contributed by atoms with E-state index in [0.29, 0.717) is 44.5 Å². The van der Waals surface area contributed by atoms with Crippen LogP contribution in [0.4, 0.5) is 5.69 Å². The van der Waals surface area contributed by atoms with Crippen LogP contribution in [0, 0.1) is 0 Å². The minimum atomic E-state index is -0.483. The highest BCUT2D eigenvalue weighted by molar-refractivity contribution is 6.32. The van der Waals surface area contributed by atoms with Crippen molar-refractivity contribution in [3.8, 4) is 22.9 Å². The summed E-state index contributed by atoms with van der Waals surface area (Å²) in [6, 6.07) is 17.5. The highest BCUT2D eigenvalue weighted by Gasteiger charge is 2.24. The van der Waals surface area contributed by atoms with E-state index in [9.17, 15) is 9.59 Å². The lowest BCUT2D eigenvalue weighted by Crippen LogP contribution is -2.27. The molecule has 0 bridgehead atoms. The maximum atomic E-state index is 13.7. The van der Waals surface area contributed by atoms with Gasteiger partial charge in [0.05, 0.1) is 17.8 Å². The number of aromatic nitrogens is 3. The van der Waals surface area contributed by atoms with Crippen molar-refractivity contribution in [2.24, 2.45) is 7.05 Å². The lowest BCUT2D eigenvalue weighted by atomic mass is 10.1. The van der Waals surface area contributed by atoms with E-state index in [4.69, 9.17) is 25.8 Å². The second-order valence-electron chi connectivity index (χ2n) is 8.21. The van der Waals surface area contributed by atoms with Gasteiger partial charge in [0.15, 0.2) is 17.2 Å². The molecule has 0 fully saturated rings. The number of methoxy groups -OCH3 is 1. The van der Waals surface area contributed by atoms with Crippen LogP contribution in [0.15, 0.2) is 65.5 Å². The molecule has 6 rings (SSSR count). The van der Waals surface area contributed by atoms with Gasteiger partial charge < -0.3 is 24.1 Å². The number of aryl methyl sites for hydroxylation is 1. The average molecular weight is 503 g/mol. The zero-order valence-corrected chi connectivity index (χ0v) is 20.0. The number of hydrogen-bond donors (Lipinski definition) is 1. The number of hydrogen-bond acceptors (Lipinski definition) is 6. The fourth-order valence-electron chi connectivity index (χ4n) is 4.46. The first-order valence-corrected chi connectivity index (χ1v) is 11.4. The van der Waals surface area contributed by atoms with Crippen molar-refractivity contribution in [1.82, 2.24) is 14.3 Å². The number of anilines is 1. The molecule has 0 saturated carbocycles. The number of ether oxygens (including phenoxy) is 3. The van der Waals surface area contributed by atoms with E-state index in [1.165, 1.54) is 11.8 Å². The van der Waals surface area contributed by atoms with Crippen LogP contribution in [0.3, 0.4) is 0 Å². The largest absolute Gasteiger partial charge is 0.495 e. The van der Waals surface area contributed by atoms with Gasteiger partial charge in [0.1, 0.15) is 11.3 Å². The van der Waals surface area contributed by atoms with Crippen molar-refractivity contribution in [3.05, 3.63) is 81.7 Å². The third kappa shape index (κ3) is 3.36. The molecule has 1 N–H and O–H groups in total. The number of fused-ring (bicyclic) bond motifs is 4. The SMILES string of the molecule is COc1ccc(-n2nc(C(=O)Nc3ccc4c(c3)OCO4)c3c4ccccc4n(C)c3c2=O)cc1Cl. The number of halogens is 1. The van der Waals surface area contributed by atoms with Crippen LogP contribution in [0.2, 0.25) is 5.02 Å². The van der Waals surface area contributed by atoms with Crippen LogP contribution in [0.1, 0.15) is 10.5 Å². The minimum Gasteiger partial charge on any atom is -0.495 e. The first-order valence-electron chi connectivity index (χ1n) is 11.0. The Morgan fingerprint density at radius 2 is 1.89 bits per heavy atom. The van der Waals surface area contributed by atoms with Crippen LogP contribution in [0.25, 0.3) is 27.5 Å². The Morgan fingerprint density at radius 3 is 2.69 bits per heavy atom. The van der Waals surface area contributed by atoms with Crippen molar-refractivity contribution in [3.63, 3.8) is 0 Å². The van der Waals surface area contributed by atoms with Crippen molar-refractivity contribution >= 4 is 45.0 Å². The summed E-state index contributed by atoms with van der Waals surface area (Å²) in [5, 5.41) is 8.92. The van der Waals surface area contributed by atoms with Gasteiger partial charge in [-0.25, -0.2) is 0 Å². The zero-order valence-electron chi connectivity index (χ0n) is 19.2. The Labute approximate surface area is 209 Å². The third-order valence-electron chi connectivity index (χ3n) is 6.16. The number of carbonyl (C=O) groups excluding carboxylic acids is 1. The normalized spacial score (nSPS) is 12.3. The smallest absolute Gasteiger partial charge is 0.296 e. The fourth-order valence-corrected chi connectivity index (χ4v) is 4.72. The molecule has 5 aromatic rings. The molecule has 0 aliphatic carbocycles. The highest BCUT2D eigenvalue weighted by Crippen LogP contribution is 2.35. The Morgan fingerprint density at radius 1 is 1.08 bits per heavy atom. The summed E-state index contributed by atoms with van der Waals surface area (Å²) in [7, 11) is 3.29. The van der Waals surface area contributed by atoms with Crippen LogP contribution in [0.5, 0.6) is 17.2 Å². The number of para-hydroxylation sites is 1. The number of carbonyl (C=O) groups is 1. The molecule has 0 spiro atoms. The molecule has 9 nitrogen and oxygen atoms in total. The van der Waals surface area contributed by atoms with Crippen LogP contribution >= 0.6 is 11.6 Å². The predicted octanol–water partition coefficient (Wildman–Crippen LogP) is 4.52. The minimum absolute atomic E-state index is 0.0889. The molecule has 1 aliphatic heterocycles. The molecule has 10 heteroatoms. The van der Waals surface area contributed by atoms with E-state index in [0.717, 1.165) is 10.9 Å². The molecule has 1 amide bonds. The van der Waals surface area contributed by atoms with E-state index in [2.05, 4.69) is 10.4 Å². The zero-order chi connectivity index (χ0) is 25.0. The van der Waals surface area contributed by atoms with E-state index in [1.54, 1.807) is 48.0 Å². The van der Waals surface area contributed by atoms with Crippen molar-refractivity contribution in [2.75, 3.05) is 19.2 Å². The summed E-state index contributed by atoms with van der Waals surface area (Å²) in [5.41, 5.74) is 1.75. The van der Waals surface area contributed by atoms with Gasteiger partial charge in [-0.1, -0.05) is 29.8 Å². The maximum Gasteiger partial charge on any atom is 0.296 e. The molecule has 0 unspecified atom stereocenters. The van der Waals surface area contributed by atoms with E-state index in [1.807, 2.05) is 24.3 Å².